The molecule has 68 valence electrons. The van der Waals surface area contributed by atoms with Gasteiger partial charge in [0.25, 0.3) is 0 Å². The molecule has 6 nitrogen and oxygen atoms in total. The van der Waals surface area contributed by atoms with Crippen molar-refractivity contribution < 1.29 is 29.0 Å². The molecule has 0 aliphatic rings. The van der Waals surface area contributed by atoms with Crippen molar-refractivity contribution in [2.24, 2.45) is 0 Å². The third-order valence-corrected chi connectivity index (χ3v) is 0.874. The van der Waals surface area contributed by atoms with E-state index < -0.39 is 30.9 Å². The lowest BCUT2D eigenvalue weighted by molar-refractivity contribution is -0.160. The summed E-state index contributed by atoms with van der Waals surface area (Å²) in [4.78, 5) is 30.7. The van der Waals surface area contributed by atoms with Gasteiger partial charge in [-0.2, -0.15) is 0 Å². The molecule has 0 aliphatic heterocycles. The van der Waals surface area contributed by atoms with Crippen molar-refractivity contribution in [2.75, 3.05) is 13.7 Å². The van der Waals surface area contributed by atoms with Gasteiger partial charge in [0, 0.05) is 0 Å². The topological polar surface area (TPSA) is 89.9 Å². The van der Waals surface area contributed by atoms with Crippen LogP contribution in [0.15, 0.2) is 0 Å². The number of hydrogen-bond acceptors (Lipinski definition) is 5. The number of esters is 2. The van der Waals surface area contributed by atoms with Gasteiger partial charge in [-0.1, -0.05) is 0 Å². The summed E-state index contributed by atoms with van der Waals surface area (Å²) >= 11 is 0. The van der Waals surface area contributed by atoms with Gasteiger partial charge in [0.2, 0.25) is 0 Å². The van der Waals surface area contributed by atoms with Crippen molar-refractivity contribution in [1.82, 2.24) is 0 Å². The predicted octanol–water partition coefficient (Wildman–Crippen LogP) is -0.823. The number of carbonyl (C=O) groups is 3. The molecule has 0 heterocycles. The Bertz CT molecular complexity index is 196. The first-order valence-corrected chi connectivity index (χ1v) is 3.00. The third kappa shape index (κ3) is 5.21. The van der Waals surface area contributed by atoms with Gasteiger partial charge in [0.1, 0.15) is 6.42 Å². The second-order valence-electron chi connectivity index (χ2n) is 1.81. The van der Waals surface area contributed by atoms with Gasteiger partial charge in [0.05, 0.1) is 7.11 Å². The van der Waals surface area contributed by atoms with Gasteiger partial charge in [-0.25, -0.2) is 4.79 Å². The molecule has 0 radical (unpaired) electrons. The van der Waals surface area contributed by atoms with Crippen LogP contribution in [-0.4, -0.2) is 36.7 Å². The summed E-state index contributed by atoms with van der Waals surface area (Å²) in [5, 5.41) is 8.09. The van der Waals surface area contributed by atoms with Crippen LogP contribution >= 0.6 is 0 Å². The Morgan fingerprint density at radius 1 is 1.25 bits per heavy atom. The Labute approximate surface area is 68.1 Å². The minimum Gasteiger partial charge on any atom is -0.481 e. The van der Waals surface area contributed by atoms with E-state index in [4.69, 9.17) is 5.11 Å². The van der Waals surface area contributed by atoms with Crippen molar-refractivity contribution in [3.05, 3.63) is 0 Å². The summed E-state index contributed by atoms with van der Waals surface area (Å²) in [5.74, 6) is -2.99. The summed E-state index contributed by atoms with van der Waals surface area (Å²) in [6, 6.07) is 0. The fourth-order valence-electron chi connectivity index (χ4n) is 0.373. The largest absolute Gasteiger partial charge is 0.481 e. The normalized spacial score (nSPS) is 8.75. The summed E-state index contributed by atoms with van der Waals surface area (Å²) in [7, 11) is 1.13. The van der Waals surface area contributed by atoms with E-state index in [-0.39, 0.29) is 0 Å². The van der Waals surface area contributed by atoms with Gasteiger partial charge >= 0.3 is 17.9 Å². The molecule has 0 spiro atoms. The van der Waals surface area contributed by atoms with Crippen LogP contribution in [0.5, 0.6) is 0 Å². The quantitative estimate of drug-likeness (QED) is 0.444. The second-order valence-corrected chi connectivity index (χ2v) is 1.81. The SMILES string of the molecule is COC(=O)COC(=O)CC(=O)O. The third-order valence-electron chi connectivity index (χ3n) is 0.874. The van der Waals surface area contributed by atoms with Crippen LogP contribution in [0.1, 0.15) is 6.42 Å². The second kappa shape index (κ2) is 5.11. The van der Waals surface area contributed by atoms with Crippen LogP contribution in [0.3, 0.4) is 0 Å². The van der Waals surface area contributed by atoms with Gasteiger partial charge in [-0.15, -0.1) is 0 Å². The Balaban J connectivity index is 3.57. The van der Waals surface area contributed by atoms with E-state index >= 15 is 0 Å². The van der Waals surface area contributed by atoms with Crippen LogP contribution in [0.4, 0.5) is 0 Å². The van der Waals surface area contributed by atoms with Gasteiger partial charge in [0.15, 0.2) is 6.61 Å². The van der Waals surface area contributed by atoms with Crippen LogP contribution < -0.4 is 0 Å². The molecule has 6 heteroatoms. The molecule has 0 aromatic carbocycles. The van der Waals surface area contributed by atoms with Crippen LogP contribution in [0.25, 0.3) is 0 Å². The van der Waals surface area contributed by atoms with E-state index in [9.17, 15) is 14.4 Å². The average Bonchev–Trinajstić information content (AvgIpc) is 1.99. The maximum atomic E-state index is 10.5. The molecule has 0 bridgehead atoms. The van der Waals surface area contributed by atoms with Crippen LogP contribution in [0.2, 0.25) is 0 Å². The highest BCUT2D eigenvalue weighted by molar-refractivity contribution is 5.90. The van der Waals surface area contributed by atoms with Crippen molar-refractivity contribution in [1.29, 1.82) is 0 Å². The number of rotatable bonds is 4. The smallest absolute Gasteiger partial charge is 0.344 e. The van der Waals surface area contributed by atoms with E-state index in [1.165, 1.54) is 0 Å². The van der Waals surface area contributed by atoms with E-state index in [2.05, 4.69) is 9.47 Å². The Kier molecular flexibility index (Phi) is 4.43. The van der Waals surface area contributed by atoms with E-state index in [0.29, 0.717) is 0 Å². The van der Waals surface area contributed by atoms with E-state index in [1.54, 1.807) is 0 Å². The fourth-order valence-corrected chi connectivity index (χ4v) is 0.373. The summed E-state index contributed by atoms with van der Waals surface area (Å²) in [6.07, 6.45) is -0.753. The highest BCUT2D eigenvalue weighted by Gasteiger charge is 2.10. The first-order valence-electron chi connectivity index (χ1n) is 3.00. The van der Waals surface area contributed by atoms with E-state index in [1.807, 2.05) is 0 Å². The first kappa shape index (κ1) is 10.4. The molecular weight excluding hydrogens is 168 g/mol. The standard InChI is InChI=1S/C6H8O6/c1-11-6(10)3-12-5(9)2-4(7)8/h2-3H2,1H3,(H,7,8). The maximum Gasteiger partial charge on any atom is 0.344 e. The van der Waals surface area contributed by atoms with Crippen LogP contribution in [-0.2, 0) is 23.9 Å². The van der Waals surface area contributed by atoms with Crippen LogP contribution in [0, 0.1) is 0 Å². The Morgan fingerprint density at radius 2 is 1.83 bits per heavy atom. The highest BCUT2D eigenvalue weighted by Crippen LogP contribution is 1.87. The lowest BCUT2D eigenvalue weighted by atomic mass is 10.4. The number of aliphatic carboxylic acids is 1. The molecule has 0 rings (SSSR count). The Hall–Kier alpha value is -1.59. The number of hydrogen-bond donors (Lipinski definition) is 1. The molecule has 12 heavy (non-hydrogen) atoms. The molecule has 0 atom stereocenters. The number of carboxylic acid groups (broad SMARTS) is 1. The maximum absolute atomic E-state index is 10.5. The Morgan fingerprint density at radius 3 is 2.25 bits per heavy atom. The van der Waals surface area contributed by atoms with Gasteiger partial charge in [-0.05, 0) is 0 Å². The zero-order valence-corrected chi connectivity index (χ0v) is 6.40. The molecule has 0 saturated carbocycles. The molecule has 0 saturated heterocycles. The molecule has 1 N–H and O–H groups in total. The van der Waals surface area contributed by atoms with Crippen molar-refractivity contribution in [2.45, 2.75) is 6.42 Å². The number of carboxylic acids is 1. The average molecular weight is 176 g/mol. The van der Waals surface area contributed by atoms with Gasteiger partial charge in [-0.3, -0.25) is 9.59 Å². The number of methoxy groups -OCH3 is 1. The molecule has 0 unspecified atom stereocenters. The minimum atomic E-state index is -1.30. The molecule has 0 amide bonds. The first-order chi connectivity index (χ1) is 5.56. The fraction of sp³-hybridized carbons (Fsp3) is 0.500. The number of carbonyl (C=O) groups excluding carboxylic acids is 2. The minimum absolute atomic E-state index is 0.553. The summed E-state index contributed by atoms with van der Waals surface area (Å²) < 4.78 is 8.35. The molecule has 0 aliphatic carbocycles. The van der Waals surface area contributed by atoms with Crippen molar-refractivity contribution >= 4 is 17.9 Å². The molecule has 0 aromatic heterocycles. The molecule has 0 aromatic rings. The lowest BCUT2D eigenvalue weighted by Crippen LogP contribution is -2.17. The lowest BCUT2D eigenvalue weighted by Gasteiger charge is -2.00. The molecular formula is C6H8O6. The zero-order chi connectivity index (χ0) is 9.56. The van der Waals surface area contributed by atoms with E-state index in [0.717, 1.165) is 7.11 Å². The molecule has 0 fully saturated rings. The summed E-state index contributed by atoms with van der Waals surface area (Å²) in [5.41, 5.74) is 0. The summed E-state index contributed by atoms with van der Waals surface area (Å²) in [6.45, 7) is -0.553. The van der Waals surface area contributed by atoms with Gasteiger partial charge < -0.3 is 14.6 Å². The number of ether oxygens (including phenoxy) is 2. The monoisotopic (exact) mass is 176 g/mol. The van der Waals surface area contributed by atoms with Crippen molar-refractivity contribution in [3.63, 3.8) is 0 Å². The highest BCUT2D eigenvalue weighted by atomic mass is 16.6. The predicted molar refractivity (Wildman–Crippen MR) is 35.2 cm³/mol. The zero-order valence-electron chi connectivity index (χ0n) is 6.40. The van der Waals surface area contributed by atoms with Crippen molar-refractivity contribution in [3.8, 4) is 0 Å².